The number of rotatable bonds is 5. The van der Waals surface area contributed by atoms with E-state index in [2.05, 4.69) is 12.2 Å². The van der Waals surface area contributed by atoms with Crippen LogP contribution in [0.1, 0.15) is 25.3 Å². The molecule has 0 saturated carbocycles. The van der Waals surface area contributed by atoms with Gasteiger partial charge in [0.05, 0.1) is 6.42 Å². The van der Waals surface area contributed by atoms with Crippen molar-refractivity contribution >= 4 is 5.91 Å². The summed E-state index contributed by atoms with van der Waals surface area (Å²) in [6, 6.07) is 4.40. The van der Waals surface area contributed by atoms with Gasteiger partial charge in [0.15, 0.2) is 11.5 Å². The lowest BCUT2D eigenvalue weighted by atomic mass is 10.1. The van der Waals surface area contributed by atoms with Gasteiger partial charge in [-0.3, -0.25) is 4.79 Å². The number of phenolic OH excluding ortho intramolecular Hbond substituents is 2. The first-order valence-electron chi connectivity index (χ1n) is 5.41. The molecule has 0 bridgehead atoms. The summed E-state index contributed by atoms with van der Waals surface area (Å²) in [5.41, 5.74) is 0.685. The average molecular weight is 223 g/mol. The first-order chi connectivity index (χ1) is 7.63. The Labute approximate surface area is 94.9 Å². The Bertz CT molecular complexity index is 363. The molecule has 0 aliphatic heterocycles. The molecule has 0 aliphatic rings. The summed E-state index contributed by atoms with van der Waals surface area (Å²) >= 11 is 0. The quantitative estimate of drug-likeness (QED) is 0.524. The van der Waals surface area contributed by atoms with Crippen LogP contribution in [0.5, 0.6) is 11.5 Å². The monoisotopic (exact) mass is 223 g/mol. The fourth-order valence-corrected chi connectivity index (χ4v) is 1.33. The van der Waals surface area contributed by atoms with E-state index in [-0.39, 0.29) is 23.8 Å². The molecular formula is C12H17NO3. The fraction of sp³-hybridized carbons (Fsp3) is 0.417. The van der Waals surface area contributed by atoms with Crippen LogP contribution in [0.2, 0.25) is 0 Å². The van der Waals surface area contributed by atoms with Crippen molar-refractivity contribution in [2.75, 3.05) is 6.54 Å². The minimum atomic E-state index is -0.196. The van der Waals surface area contributed by atoms with E-state index in [9.17, 15) is 9.90 Å². The highest BCUT2D eigenvalue weighted by Gasteiger charge is 2.05. The maximum atomic E-state index is 11.4. The summed E-state index contributed by atoms with van der Waals surface area (Å²) in [6.07, 6.45) is 2.23. The van der Waals surface area contributed by atoms with Crippen molar-refractivity contribution in [3.63, 3.8) is 0 Å². The first kappa shape index (κ1) is 12.4. The zero-order valence-electron chi connectivity index (χ0n) is 9.36. The third-order valence-electron chi connectivity index (χ3n) is 2.26. The van der Waals surface area contributed by atoms with E-state index in [1.807, 2.05) is 0 Å². The maximum absolute atomic E-state index is 11.4. The lowest BCUT2D eigenvalue weighted by Crippen LogP contribution is -2.25. The fourth-order valence-electron chi connectivity index (χ4n) is 1.33. The SMILES string of the molecule is CCCCNC(=O)Cc1ccc(O)c(O)c1. The largest absolute Gasteiger partial charge is 0.504 e. The van der Waals surface area contributed by atoms with Crippen LogP contribution in [-0.4, -0.2) is 22.7 Å². The summed E-state index contributed by atoms with van der Waals surface area (Å²) in [5.74, 6) is -0.437. The van der Waals surface area contributed by atoms with Crippen LogP contribution >= 0.6 is 0 Å². The molecule has 3 N–H and O–H groups in total. The molecule has 0 unspecified atom stereocenters. The molecule has 0 spiro atoms. The lowest BCUT2D eigenvalue weighted by molar-refractivity contribution is -0.120. The van der Waals surface area contributed by atoms with Gasteiger partial charge in [-0.05, 0) is 24.1 Å². The van der Waals surface area contributed by atoms with Gasteiger partial charge in [0, 0.05) is 6.54 Å². The second-order valence-corrected chi connectivity index (χ2v) is 3.70. The van der Waals surface area contributed by atoms with Crippen LogP contribution in [0.4, 0.5) is 0 Å². The molecule has 1 amide bonds. The van der Waals surface area contributed by atoms with Crippen molar-refractivity contribution in [2.45, 2.75) is 26.2 Å². The number of benzene rings is 1. The van der Waals surface area contributed by atoms with Crippen molar-refractivity contribution in [1.29, 1.82) is 0 Å². The van der Waals surface area contributed by atoms with Crippen molar-refractivity contribution in [3.05, 3.63) is 23.8 Å². The van der Waals surface area contributed by atoms with Crippen LogP contribution in [0.15, 0.2) is 18.2 Å². The second-order valence-electron chi connectivity index (χ2n) is 3.70. The molecule has 16 heavy (non-hydrogen) atoms. The van der Waals surface area contributed by atoms with Crippen LogP contribution < -0.4 is 5.32 Å². The van der Waals surface area contributed by atoms with Crippen molar-refractivity contribution < 1.29 is 15.0 Å². The Kier molecular flexibility index (Phi) is 4.64. The smallest absolute Gasteiger partial charge is 0.224 e. The lowest BCUT2D eigenvalue weighted by Gasteiger charge is -2.05. The van der Waals surface area contributed by atoms with E-state index in [0.717, 1.165) is 12.8 Å². The van der Waals surface area contributed by atoms with Crippen LogP contribution in [0.25, 0.3) is 0 Å². The van der Waals surface area contributed by atoms with E-state index in [1.165, 1.54) is 12.1 Å². The minimum absolute atomic E-state index is 0.0708. The number of unbranched alkanes of at least 4 members (excludes halogenated alkanes) is 1. The molecule has 1 aromatic carbocycles. The van der Waals surface area contributed by atoms with Crippen LogP contribution in [0, 0.1) is 0 Å². The molecule has 0 heterocycles. The Balaban J connectivity index is 2.46. The number of hydrogen-bond donors (Lipinski definition) is 3. The van der Waals surface area contributed by atoms with E-state index < -0.39 is 0 Å². The molecule has 0 aromatic heterocycles. The zero-order valence-corrected chi connectivity index (χ0v) is 9.36. The molecular weight excluding hydrogens is 206 g/mol. The summed E-state index contributed by atoms with van der Waals surface area (Å²) in [7, 11) is 0. The molecule has 1 aromatic rings. The molecule has 4 heteroatoms. The molecule has 88 valence electrons. The number of nitrogens with one attached hydrogen (secondary N) is 1. The van der Waals surface area contributed by atoms with Crippen molar-refractivity contribution in [3.8, 4) is 11.5 Å². The molecule has 0 fully saturated rings. The number of phenols is 2. The Morgan fingerprint density at radius 2 is 2.06 bits per heavy atom. The summed E-state index contributed by atoms with van der Waals surface area (Å²) in [4.78, 5) is 11.4. The average Bonchev–Trinajstić information content (AvgIpc) is 2.24. The van der Waals surface area contributed by atoms with Gasteiger partial charge in [0.25, 0.3) is 0 Å². The van der Waals surface area contributed by atoms with Gasteiger partial charge in [-0.25, -0.2) is 0 Å². The van der Waals surface area contributed by atoms with Gasteiger partial charge in [0.1, 0.15) is 0 Å². The van der Waals surface area contributed by atoms with Gasteiger partial charge < -0.3 is 15.5 Å². The number of carbonyl (C=O) groups excluding carboxylic acids is 1. The topological polar surface area (TPSA) is 69.6 Å². The van der Waals surface area contributed by atoms with Gasteiger partial charge in [0.2, 0.25) is 5.91 Å². The van der Waals surface area contributed by atoms with E-state index in [1.54, 1.807) is 6.07 Å². The summed E-state index contributed by atoms with van der Waals surface area (Å²) in [5, 5.41) is 21.1. The van der Waals surface area contributed by atoms with Crippen LogP contribution in [-0.2, 0) is 11.2 Å². The second kappa shape index (κ2) is 6.00. The van der Waals surface area contributed by atoms with Gasteiger partial charge in [-0.15, -0.1) is 0 Å². The number of carbonyl (C=O) groups is 1. The van der Waals surface area contributed by atoms with Crippen LogP contribution in [0.3, 0.4) is 0 Å². The third-order valence-corrected chi connectivity index (χ3v) is 2.26. The highest BCUT2D eigenvalue weighted by molar-refractivity contribution is 5.78. The molecule has 0 radical (unpaired) electrons. The predicted octanol–water partition coefficient (Wildman–Crippen LogP) is 1.56. The minimum Gasteiger partial charge on any atom is -0.504 e. The molecule has 1 rings (SSSR count). The number of amides is 1. The highest BCUT2D eigenvalue weighted by atomic mass is 16.3. The Morgan fingerprint density at radius 1 is 1.31 bits per heavy atom. The van der Waals surface area contributed by atoms with Gasteiger partial charge in [-0.2, -0.15) is 0 Å². The van der Waals surface area contributed by atoms with E-state index in [0.29, 0.717) is 12.1 Å². The predicted molar refractivity (Wildman–Crippen MR) is 61.4 cm³/mol. The first-order valence-corrected chi connectivity index (χ1v) is 5.41. The summed E-state index contributed by atoms with van der Waals surface area (Å²) < 4.78 is 0. The zero-order chi connectivity index (χ0) is 12.0. The highest BCUT2D eigenvalue weighted by Crippen LogP contribution is 2.24. The van der Waals surface area contributed by atoms with Crippen molar-refractivity contribution in [2.24, 2.45) is 0 Å². The third kappa shape index (κ3) is 3.81. The Morgan fingerprint density at radius 3 is 2.69 bits per heavy atom. The molecule has 0 atom stereocenters. The van der Waals surface area contributed by atoms with E-state index in [4.69, 9.17) is 5.11 Å². The van der Waals surface area contributed by atoms with Gasteiger partial charge in [-0.1, -0.05) is 19.4 Å². The maximum Gasteiger partial charge on any atom is 0.224 e. The number of hydrogen-bond acceptors (Lipinski definition) is 3. The summed E-state index contributed by atoms with van der Waals surface area (Å²) in [6.45, 7) is 2.74. The molecule has 4 nitrogen and oxygen atoms in total. The number of aromatic hydroxyl groups is 2. The molecule has 0 saturated heterocycles. The molecule has 0 aliphatic carbocycles. The standard InChI is InChI=1S/C12H17NO3/c1-2-3-6-13-12(16)8-9-4-5-10(14)11(15)7-9/h4-5,7,14-15H,2-3,6,8H2,1H3,(H,13,16). The Hall–Kier alpha value is -1.71. The van der Waals surface area contributed by atoms with E-state index >= 15 is 0 Å². The van der Waals surface area contributed by atoms with Gasteiger partial charge >= 0.3 is 0 Å². The van der Waals surface area contributed by atoms with Crippen molar-refractivity contribution in [1.82, 2.24) is 5.32 Å². The normalized spacial score (nSPS) is 10.1.